The van der Waals surface area contributed by atoms with Crippen molar-refractivity contribution in [2.75, 3.05) is 11.9 Å². The smallest absolute Gasteiger partial charge is 0.131 e. The van der Waals surface area contributed by atoms with Crippen molar-refractivity contribution in [3.05, 3.63) is 47.8 Å². The minimum Gasteiger partial charge on any atom is -0.368 e. The first-order valence-electron chi connectivity index (χ1n) is 6.77. The summed E-state index contributed by atoms with van der Waals surface area (Å²) in [5.41, 5.74) is 8.89. The standard InChI is InChI=1S/C15H21N5/c1-11(2)15-18-9-14(13(8-16)19-15)20(3)10-12-4-6-17-7-5-12/h4-7,9,11H,8,10,16H2,1-3H3. The van der Waals surface area contributed by atoms with Gasteiger partial charge in [-0.2, -0.15) is 0 Å². The third-order valence-corrected chi connectivity index (χ3v) is 3.15. The van der Waals surface area contributed by atoms with Crippen LogP contribution < -0.4 is 10.6 Å². The summed E-state index contributed by atoms with van der Waals surface area (Å²) in [7, 11) is 2.02. The first kappa shape index (κ1) is 14.4. The quantitative estimate of drug-likeness (QED) is 0.902. The molecule has 106 valence electrons. The van der Waals surface area contributed by atoms with Crippen LogP contribution in [0.15, 0.2) is 30.7 Å². The van der Waals surface area contributed by atoms with Gasteiger partial charge in [-0.15, -0.1) is 0 Å². The number of nitrogens with two attached hydrogens (primary N) is 1. The molecule has 0 saturated carbocycles. The summed E-state index contributed by atoms with van der Waals surface area (Å²) >= 11 is 0. The minimum atomic E-state index is 0.305. The predicted molar refractivity (Wildman–Crippen MR) is 80.4 cm³/mol. The van der Waals surface area contributed by atoms with E-state index in [1.807, 2.05) is 25.4 Å². The fourth-order valence-electron chi connectivity index (χ4n) is 2.02. The van der Waals surface area contributed by atoms with Crippen molar-refractivity contribution in [1.82, 2.24) is 15.0 Å². The molecule has 0 amide bonds. The van der Waals surface area contributed by atoms with Gasteiger partial charge in [0, 0.05) is 38.4 Å². The van der Waals surface area contributed by atoms with Crippen LogP contribution in [0.1, 0.15) is 36.8 Å². The van der Waals surface area contributed by atoms with Gasteiger partial charge < -0.3 is 10.6 Å². The molecule has 0 aromatic carbocycles. The molecule has 2 N–H and O–H groups in total. The number of hydrogen-bond acceptors (Lipinski definition) is 5. The number of anilines is 1. The number of rotatable bonds is 5. The van der Waals surface area contributed by atoms with E-state index in [1.165, 1.54) is 5.56 Å². The van der Waals surface area contributed by atoms with E-state index in [4.69, 9.17) is 5.73 Å². The molecule has 5 heteroatoms. The maximum absolute atomic E-state index is 5.82. The Morgan fingerprint density at radius 1 is 1.25 bits per heavy atom. The zero-order valence-corrected chi connectivity index (χ0v) is 12.2. The van der Waals surface area contributed by atoms with E-state index < -0.39 is 0 Å². The Balaban J connectivity index is 2.23. The molecule has 2 aromatic rings. The minimum absolute atomic E-state index is 0.305. The monoisotopic (exact) mass is 271 g/mol. The van der Waals surface area contributed by atoms with E-state index in [9.17, 15) is 0 Å². The molecule has 0 radical (unpaired) electrons. The van der Waals surface area contributed by atoms with Crippen LogP contribution in [0, 0.1) is 0 Å². The molecule has 20 heavy (non-hydrogen) atoms. The maximum Gasteiger partial charge on any atom is 0.131 e. The molecule has 0 fully saturated rings. The first-order chi connectivity index (χ1) is 9.61. The Kier molecular flexibility index (Phi) is 4.63. The van der Waals surface area contributed by atoms with Crippen molar-refractivity contribution < 1.29 is 0 Å². The van der Waals surface area contributed by atoms with Crippen molar-refractivity contribution >= 4 is 5.69 Å². The predicted octanol–water partition coefficient (Wildman–Crippen LogP) is 2.09. The molecular formula is C15H21N5. The van der Waals surface area contributed by atoms with Gasteiger partial charge in [-0.1, -0.05) is 13.8 Å². The molecule has 2 rings (SSSR count). The highest BCUT2D eigenvalue weighted by Crippen LogP contribution is 2.20. The van der Waals surface area contributed by atoms with Crippen molar-refractivity contribution in [2.45, 2.75) is 32.9 Å². The molecule has 0 aliphatic carbocycles. The molecule has 2 heterocycles. The van der Waals surface area contributed by atoms with Gasteiger partial charge in [0.2, 0.25) is 0 Å². The van der Waals surface area contributed by atoms with Gasteiger partial charge in [0.05, 0.1) is 17.6 Å². The highest BCUT2D eigenvalue weighted by molar-refractivity contribution is 5.48. The lowest BCUT2D eigenvalue weighted by molar-refractivity contribution is 0.748. The van der Waals surface area contributed by atoms with Gasteiger partial charge in [0.25, 0.3) is 0 Å². The Morgan fingerprint density at radius 3 is 2.55 bits per heavy atom. The van der Waals surface area contributed by atoms with Crippen molar-refractivity contribution in [2.24, 2.45) is 5.73 Å². The average molecular weight is 271 g/mol. The second-order valence-corrected chi connectivity index (χ2v) is 5.13. The van der Waals surface area contributed by atoms with Crippen molar-refractivity contribution in [3.8, 4) is 0 Å². The van der Waals surface area contributed by atoms with Crippen molar-refractivity contribution in [1.29, 1.82) is 0 Å². The van der Waals surface area contributed by atoms with Gasteiger partial charge >= 0.3 is 0 Å². The lowest BCUT2D eigenvalue weighted by atomic mass is 10.2. The molecule has 0 saturated heterocycles. The fourth-order valence-corrected chi connectivity index (χ4v) is 2.02. The number of aromatic nitrogens is 3. The summed E-state index contributed by atoms with van der Waals surface area (Å²) in [6.07, 6.45) is 5.46. The topological polar surface area (TPSA) is 67.9 Å². The normalized spacial score (nSPS) is 10.8. The fraction of sp³-hybridized carbons (Fsp3) is 0.400. The Labute approximate surface area is 119 Å². The summed E-state index contributed by atoms with van der Waals surface area (Å²) in [4.78, 5) is 15.1. The SMILES string of the molecule is CC(C)c1ncc(N(C)Cc2ccncc2)c(CN)n1. The van der Waals surface area contributed by atoms with Crippen LogP contribution in [-0.2, 0) is 13.1 Å². The summed E-state index contributed by atoms with van der Waals surface area (Å²) in [5.74, 6) is 1.14. The zero-order chi connectivity index (χ0) is 14.5. The lowest BCUT2D eigenvalue weighted by Crippen LogP contribution is -2.21. The van der Waals surface area contributed by atoms with Crippen LogP contribution in [0.25, 0.3) is 0 Å². The lowest BCUT2D eigenvalue weighted by Gasteiger charge is -2.22. The second kappa shape index (κ2) is 6.43. The summed E-state index contributed by atoms with van der Waals surface area (Å²) in [6, 6.07) is 4.00. The largest absolute Gasteiger partial charge is 0.368 e. The van der Waals surface area contributed by atoms with Crippen LogP contribution in [-0.4, -0.2) is 22.0 Å². The van der Waals surface area contributed by atoms with E-state index in [2.05, 4.69) is 33.7 Å². The Hall–Kier alpha value is -2.01. The molecule has 0 bridgehead atoms. The van der Waals surface area contributed by atoms with Gasteiger partial charge in [-0.05, 0) is 17.7 Å². The highest BCUT2D eigenvalue weighted by atomic mass is 15.1. The van der Waals surface area contributed by atoms with Gasteiger partial charge in [0.15, 0.2) is 0 Å². The average Bonchev–Trinajstić information content (AvgIpc) is 2.47. The molecule has 0 spiro atoms. The first-order valence-corrected chi connectivity index (χ1v) is 6.77. The number of hydrogen-bond donors (Lipinski definition) is 1. The molecule has 0 aliphatic rings. The summed E-state index contributed by atoms with van der Waals surface area (Å²) < 4.78 is 0. The highest BCUT2D eigenvalue weighted by Gasteiger charge is 2.12. The van der Waals surface area contributed by atoms with E-state index in [0.717, 1.165) is 23.8 Å². The molecule has 0 atom stereocenters. The van der Waals surface area contributed by atoms with Crippen LogP contribution in [0.3, 0.4) is 0 Å². The third-order valence-electron chi connectivity index (χ3n) is 3.15. The van der Waals surface area contributed by atoms with Crippen LogP contribution >= 0.6 is 0 Å². The number of nitrogens with zero attached hydrogens (tertiary/aromatic N) is 4. The van der Waals surface area contributed by atoms with E-state index in [1.54, 1.807) is 12.4 Å². The van der Waals surface area contributed by atoms with Gasteiger partial charge in [-0.3, -0.25) is 4.98 Å². The van der Waals surface area contributed by atoms with Gasteiger partial charge in [0.1, 0.15) is 5.82 Å². The molecule has 0 unspecified atom stereocenters. The summed E-state index contributed by atoms with van der Waals surface area (Å²) in [6.45, 7) is 5.35. The summed E-state index contributed by atoms with van der Waals surface area (Å²) in [5, 5.41) is 0. The molecular weight excluding hydrogens is 250 g/mol. The Morgan fingerprint density at radius 2 is 1.95 bits per heavy atom. The van der Waals surface area contributed by atoms with Crippen LogP contribution in [0.5, 0.6) is 0 Å². The molecule has 2 aromatic heterocycles. The van der Waals surface area contributed by atoms with E-state index >= 15 is 0 Å². The second-order valence-electron chi connectivity index (χ2n) is 5.13. The third kappa shape index (κ3) is 3.30. The van der Waals surface area contributed by atoms with Crippen LogP contribution in [0.2, 0.25) is 0 Å². The van der Waals surface area contributed by atoms with E-state index in [0.29, 0.717) is 12.5 Å². The van der Waals surface area contributed by atoms with Crippen molar-refractivity contribution in [3.63, 3.8) is 0 Å². The Bertz CT molecular complexity index is 553. The van der Waals surface area contributed by atoms with Gasteiger partial charge in [-0.25, -0.2) is 9.97 Å². The maximum atomic E-state index is 5.82. The zero-order valence-electron chi connectivity index (χ0n) is 12.2. The van der Waals surface area contributed by atoms with Crippen LogP contribution in [0.4, 0.5) is 5.69 Å². The number of pyridine rings is 1. The molecule has 5 nitrogen and oxygen atoms in total. The van der Waals surface area contributed by atoms with E-state index in [-0.39, 0.29) is 0 Å². The molecule has 0 aliphatic heterocycles.